The van der Waals surface area contributed by atoms with Crippen molar-refractivity contribution in [1.82, 2.24) is 9.21 Å². The smallest absolute Gasteiger partial charge is 0.229 e. The molecule has 4 atom stereocenters. The lowest BCUT2D eigenvalue weighted by molar-refractivity contribution is -0.155. The molecule has 2 aliphatic rings. The van der Waals surface area contributed by atoms with Crippen LogP contribution in [0.1, 0.15) is 69.5 Å². The number of amides is 1. The molecule has 4 rings (SSSR count). The van der Waals surface area contributed by atoms with E-state index in [0.717, 1.165) is 24.0 Å². The number of rotatable bonds is 10. The predicted molar refractivity (Wildman–Crippen MR) is 156 cm³/mol. The van der Waals surface area contributed by atoms with Gasteiger partial charge in [0, 0.05) is 34.6 Å². The van der Waals surface area contributed by atoms with Crippen molar-refractivity contribution in [3.05, 3.63) is 82.4 Å². The molecular weight excluding hydrogens is 539 g/mol. The SMILES string of the molecule is C=CC[C@@]1(C)C[C@H](c2cccc(Cl)c2)[C@@H](c2ccc(Cl)cc2)N([C@@H](CN(C(C)C)S(C)(=O)=O)C2CC2)C1=O. The summed E-state index contributed by atoms with van der Waals surface area (Å²) in [6, 6.07) is 14.8. The second-order valence-electron chi connectivity index (χ2n) is 11.5. The van der Waals surface area contributed by atoms with Gasteiger partial charge in [0.2, 0.25) is 15.9 Å². The molecule has 0 aromatic heterocycles. The Hall–Kier alpha value is -1.86. The van der Waals surface area contributed by atoms with Crippen molar-refractivity contribution in [1.29, 1.82) is 0 Å². The van der Waals surface area contributed by atoms with E-state index in [-0.39, 0.29) is 42.4 Å². The second kappa shape index (κ2) is 11.3. The van der Waals surface area contributed by atoms with Crippen LogP contribution in [-0.4, -0.2) is 48.4 Å². The lowest BCUT2D eigenvalue weighted by atomic mass is 9.67. The van der Waals surface area contributed by atoms with E-state index < -0.39 is 15.4 Å². The van der Waals surface area contributed by atoms with Crippen molar-refractivity contribution in [2.75, 3.05) is 12.8 Å². The van der Waals surface area contributed by atoms with Gasteiger partial charge in [0.1, 0.15) is 0 Å². The Labute approximate surface area is 237 Å². The summed E-state index contributed by atoms with van der Waals surface area (Å²) in [5.41, 5.74) is 1.36. The number of carbonyl (C=O) groups is 1. The van der Waals surface area contributed by atoms with Crippen molar-refractivity contribution in [3.63, 3.8) is 0 Å². The van der Waals surface area contributed by atoms with Crippen LogP contribution in [-0.2, 0) is 14.8 Å². The Balaban J connectivity index is 1.92. The monoisotopic (exact) mass is 576 g/mol. The van der Waals surface area contributed by atoms with Crippen molar-refractivity contribution in [3.8, 4) is 0 Å². The van der Waals surface area contributed by atoms with Gasteiger partial charge in [0.05, 0.1) is 17.7 Å². The Bertz CT molecular complexity index is 1280. The first-order valence-electron chi connectivity index (χ1n) is 13.3. The molecule has 0 spiro atoms. The second-order valence-corrected chi connectivity index (χ2v) is 14.3. The van der Waals surface area contributed by atoms with Gasteiger partial charge in [-0.05, 0) is 80.8 Å². The van der Waals surface area contributed by atoms with Crippen LogP contribution in [0, 0.1) is 11.3 Å². The van der Waals surface area contributed by atoms with Gasteiger partial charge in [-0.25, -0.2) is 8.42 Å². The fourth-order valence-electron chi connectivity index (χ4n) is 6.11. The molecule has 0 bridgehead atoms. The first-order chi connectivity index (χ1) is 17.9. The molecular formula is C30H38Cl2N2O3S. The lowest BCUT2D eigenvalue weighted by Gasteiger charge is -2.53. The highest BCUT2D eigenvalue weighted by atomic mass is 35.5. The number of hydrogen-bond acceptors (Lipinski definition) is 3. The highest BCUT2D eigenvalue weighted by Gasteiger charge is 2.54. The lowest BCUT2D eigenvalue weighted by Crippen LogP contribution is -2.59. The van der Waals surface area contributed by atoms with E-state index in [1.165, 1.54) is 10.6 Å². The maximum atomic E-state index is 14.6. The summed E-state index contributed by atoms with van der Waals surface area (Å²) < 4.78 is 27.2. The number of sulfonamides is 1. The summed E-state index contributed by atoms with van der Waals surface area (Å²) in [5, 5.41) is 1.27. The zero-order valence-electron chi connectivity index (χ0n) is 22.6. The molecule has 0 N–H and O–H groups in total. The number of halogens is 2. The molecule has 0 unspecified atom stereocenters. The van der Waals surface area contributed by atoms with Gasteiger partial charge in [-0.3, -0.25) is 4.79 Å². The van der Waals surface area contributed by atoms with E-state index in [4.69, 9.17) is 23.2 Å². The summed E-state index contributed by atoms with van der Waals surface area (Å²) in [5.74, 6) is 0.233. The van der Waals surface area contributed by atoms with Crippen LogP contribution in [0.4, 0.5) is 0 Å². The molecule has 1 saturated heterocycles. The number of piperidine rings is 1. The molecule has 1 saturated carbocycles. The van der Waals surface area contributed by atoms with Crippen LogP contribution in [0.3, 0.4) is 0 Å². The topological polar surface area (TPSA) is 57.7 Å². The maximum Gasteiger partial charge on any atom is 0.229 e. The molecule has 1 aliphatic carbocycles. The van der Waals surface area contributed by atoms with Crippen molar-refractivity contribution in [2.45, 2.75) is 70.5 Å². The largest absolute Gasteiger partial charge is 0.330 e. The Morgan fingerprint density at radius 1 is 1.11 bits per heavy atom. The van der Waals surface area contributed by atoms with Crippen molar-refractivity contribution < 1.29 is 13.2 Å². The number of benzene rings is 2. The number of allylic oxidation sites excluding steroid dienone is 1. The molecule has 8 heteroatoms. The van der Waals surface area contributed by atoms with E-state index >= 15 is 0 Å². The third-order valence-electron chi connectivity index (χ3n) is 8.08. The number of likely N-dealkylation sites (tertiary alicyclic amines) is 1. The molecule has 1 aliphatic heterocycles. The zero-order valence-corrected chi connectivity index (χ0v) is 24.9. The normalized spacial score (nSPS) is 25.2. The van der Waals surface area contributed by atoms with E-state index in [2.05, 4.69) is 12.6 Å². The first-order valence-corrected chi connectivity index (χ1v) is 15.9. The van der Waals surface area contributed by atoms with Gasteiger partial charge in [-0.1, -0.05) is 60.5 Å². The molecule has 2 fully saturated rings. The van der Waals surface area contributed by atoms with E-state index in [1.54, 1.807) is 0 Å². The van der Waals surface area contributed by atoms with E-state index in [1.807, 2.05) is 74.2 Å². The third kappa shape index (κ3) is 6.14. The zero-order chi connectivity index (χ0) is 27.8. The maximum absolute atomic E-state index is 14.6. The summed E-state index contributed by atoms with van der Waals surface area (Å²) >= 11 is 12.7. The molecule has 1 amide bonds. The van der Waals surface area contributed by atoms with Gasteiger partial charge in [0.25, 0.3) is 0 Å². The molecule has 38 heavy (non-hydrogen) atoms. The molecule has 5 nitrogen and oxygen atoms in total. The van der Waals surface area contributed by atoms with Crippen molar-refractivity contribution in [2.24, 2.45) is 11.3 Å². The van der Waals surface area contributed by atoms with E-state index in [9.17, 15) is 13.2 Å². The minimum absolute atomic E-state index is 0.0461. The van der Waals surface area contributed by atoms with Gasteiger partial charge in [-0.2, -0.15) is 4.31 Å². The minimum atomic E-state index is -3.47. The average Bonchev–Trinajstić information content (AvgIpc) is 3.67. The first kappa shape index (κ1) is 29.1. The minimum Gasteiger partial charge on any atom is -0.330 e. The summed E-state index contributed by atoms with van der Waals surface area (Å²) in [6.45, 7) is 10.0. The summed E-state index contributed by atoms with van der Waals surface area (Å²) in [6.07, 6.45) is 6.16. The summed E-state index contributed by atoms with van der Waals surface area (Å²) in [4.78, 5) is 16.6. The Morgan fingerprint density at radius 3 is 2.29 bits per heavy atom. The van der Waals surface area contributed by atoms with Gasteiger partial charge >= 0.3 is 0 Å². The van der Waals surface area contributed by atoms with E-state index in [0.29, 0.717) is 22.9 Å². The predicted octanol–water partition coefficient (Wildman–Crippen LogP) is 7.08. The number of nitrogens with zero attached hydrogens (tertiary/aromatic N) is 2. The number of carbonyl (C=O) groups excluding carboxylic acids is 1. The molecule has 0 radical (unpaired) electrons. The fourth-order valence-corrected chi connectivity index (χ4v) is 7.63. The van der Waals surface area contributed by atoms with Crippen LogP contribution >= 0.6 is 23.2 Å². The highest BCUT2D eigenvalue weighted by Crippen LogP contribution is 2.54. The van der Waals surface area contributed by atoms with Crippen molar-refractivity contribution >= 4 is 39.1 Å². The van der Waals surface area contributed by atoms with Gasteiger partial charge in [0.15, 0.2) is 0 Å². The standard InChI is InChI=1S/C30H38Cl2N2O3S/c1-6-16-30(4)18-26(23-8-7-9-25(32)17-23)28(22-12-14-24(31)15-13-22)34(29(30)35)27(21-10-11-21)19-33(20(2)3)38(5,36)37/h6-9,12-15,17,20-21,26-28H,1,10-11,16,18-19H2,2-5H3/t26-,27+,28-,30+/m1/s1. The van der Waals surface area contributed by atoms with Crippen LogP contribution < -0.4 is 0 Å². The fraction of sp³-hybridized carbons (Fsp3) is 0.500. The Kier molecular flexibility index (Phi) is 8.68. The van der Waals surface area contributed by atoms with Gasteiger partial charge in [-0.15, -0.1) is 6.58 Å². The van der Waals surface area contributed by atoms with Gasteiger partial charge < -0.3 is 4.90 Å². The van der Waals surface area contributed by atoms with Crippen LogP contribution in [0.2, 0.25) is 10.0 Å². The molecule has 2 aromatic carbocycles. The summed E-state index contributed by atoms with van der Waals surface area (Å²) in [7, 11) is -3.47. The molecule has 206 valence electrons. The van der Waals surface area contributed by atoms with Crippen LogP contribution in [0.15, 0.2) is 61.2 Å². The average molecular weight is 578 g/mol. The Morgan fingerprint density at radius 2 is 1.76 bits per heavy atom. The van der Waals surface area contributed by atoms with Crippen LogP contribution in [0.25, 0.3) is 0 Å². The highest BCUT2D eigenvalue weighted by molar-refractivity contribution is 7.88. The molecule has 2 aromatic rings. The number of hydrogen-bond donors (Lipinski definition) is 0. The quantitative estimate of drug-likeness (QED) is 0.284. The molecule has 1 heterocycles. The van der Waals surface area contributed by atoms with Crippen LogP contribution in [0.5, 0.6) is 0 Å². The third-order valence-corrected chi connectivity index (χ3v) is 9.99.